The van der Waals surface area contributed by atoms with Gasteiger partial charge < -0.3 is 15.0 Å². The van der Waals surface area contributed by atoms with Crippen LogP contribution in [0.2, 0.25) is 0 Å². The second-order valence-electron chi connectivity index (χ2n) is 7.24. The highest BCUT2D eigenvalue weighted by Gasteiger charge is 2.34. The van der Waals surface area contributed by atoms with Crippen molar-refractivity contribution in [1.29, 1.82) is 0 Å². The lowest BCUT2D eigenvalue weighted by atomic mass is 10.00. The van der Waals surface area contributed by atoms with Crippen LogP contribution in [0.15, 0.2) is 42.5 Å². The van der Waals surface area contributed by atoms with Crippen molar-refractivity contribution >= 4 is 44.2 Å². The summed E-state index contributed by atoms with van der Waals surface area (Å²) in [6, 6.07) is 11.6. The highest BCUT2D eigenvalue weighted by atomic mass is 32.1. The molecule has 0 unspecified atom stereocenters. The summed E-state index contributed by atoms with van der Waals surface area (Å²) >= 11 is 1.42. The number of halogens is 1. The van der Waals surface area contributed by atoms with Crippen LogP contribution in [0.4, 0.5) is 15.2 Å². The van der Waals surface area contributed by atoms with Crippen LogP contribution >= 0.6 is 11.3 Å². The van der Waals surface area contributed by atoms with Crippen molar-refractivity contribution in [3.05, 3.63) is 53.8 Å². The van der Waals surface area contributed by atoms with Crippen LogP contribution < -0.4 is 10.2 Å². The molecule has 0 bridgehead atoms. The smallest absolute Gasteiger partial charge is 0.338 e. The number of carbonyl (C=O) groups excluding carboxylic acids is 2. The molecule has 1 saturated heterocycles. The third-order valence-corrected chi connectivity index (χ3v) is 6.08. The Labute approximate surface area is 177 Å². The number of amides is 1. The van der Waals surface area contributed by atoms with Crippen molar-refractivity contribution in [3.63, 3.8) is 0 Å². The monoisotopic (exact) mass is 427 g/mol. The summed E-state index contributed by atoms with van der Waals surface area (Å²) in [5, 5.41) is 3.60. The Morgan fingerprint density at radius 2 is 2.00 bits per heavy atom. The molecule has 30 heavy (non-hydrogen) atoms. The maximum atomic E-state index is 13.8. The van der Waals surface area contributed by atoms with E-state index in [1.165, 1.54) is 17.4 Å². The van der Waals surface area contributed by atoms with Gasteiger partial charge in [-0.15, -0.1) is 0 Å². The second kappa shape index (κ2) is 8.79. The minimum absolute atomic E-state index is 0.0863. The SMILES string of the molecule is CCCCOC(=O)c1ccc(NC(=O)C2CN(c3nc4c(F)cccc4s3)C2)cc1. The molecule has 1 N–H and O–H groups in total. The summed E-state index contributed by atoms with van der Waals surface area (Å²) < 4.78 is 19.8. The van der Waals surface area contributed by atoms with Crippen molar-refractivity contribution in [3.8, 4) is 0 Å². The van der Waals surface area contributed by atoms with Gasteiger partial charge in [-0.1, -0.05) is 30.7 Å². The first-order valence-corrected chi connectivity index (χ1v) is 10.7. The number of nitrogens with one attached hydrogen (secondary N) is 1. The zero-order chi connectivity index (χ0) is 21.1. The molecule has 2 aromatic carbocycles. The molecule has 0 radical (unpaired) electrons. The van der Waals surface area contributed by atoms with E-state index in [0.29, 0.717) is 36.5 Å². The molecule has 1 aliphatic heterocycles. The van der Waals surface area contributed by atoms with Gasteiger partial charge in [-0.2, -0.15) is 0 Å². The van der Waals surface area contributed by atoms with Gasteiger partial charge in [0.25, 0.3) is 0 Å². The van der Waals surface area contributed by atoms with Gasteiger partial charge in [0.2, 0.25) is 5.91 Å². The van der Waals surface area contributed by atoms with Crippen LogP contribution in [0.25, 0.3) is 10.2 Å². The van der Waals surface area contributed by atoms with Gasteiger partial charge in [0, 0.05) is 18.8 Å². The number of carbonyl (C=O) groups is 2. The molecule has 0 saturated carbocycles. The average Bonchev–Trinajstić information content (AvgIpc) is 3.12. The van der Waals surface area contributed by atoms with E-state index in [0.717, 1.165) is 22.7 Å². The number of para-hydroxylation sites is 1. The molecule has 1 aliphatic rings. The Morgan fingerprint density at radius 3 is 2.70 bits per heavy atom. The van der Waals surface area contributed by atoms with Crippen molar-refractivity contribution in [2.45, 2.75) is 19.8 Å². The molecule has 1 fully saturated rings. The first kappa shape index (κ1) is 20.3. The van der Waals surface area contributed by atoms with Gasteiger partial charge in [0.15, 0.2) is 5.13 Å². The summed E-state index contributed by atoms with van der Waals surface area (Å²) in [4.78, 5) is 30.7. The summed E-state index contributed by atoms with van der Waals surface area (Å²) in [6.07, 6.45) is 1.80. The second-order valence-corrected chi connectivity index (χ2v) is 8.25. The number of aromatic nitrogens is 1. The molecule has 1 aromatic heterocycles. The topological polar surface area (TPSA) is 71.5 Å². The predicted molar refractivity (Wildman–Crippen MR) is 116 cm³/mol. The maximum absolute atomic E-state index is 13.8. The number of esters is 1. The first-order valence-electron chi connectivity index (χ1n) is 9.93. The van der Waals surface area contributed by atoms with Crippen molar-refractivity contribution in [1.82, 2.24) is 4.98 Å². The van der Waals surface area contributed by atoms with E-state index < -0.39 is 0 Å². The Hall–Kier alpha value is -3.00. The van der Waals surface area contributed by atoms with E-state index in [4.69, 9.17) is 4.74 Å². The van der Waals surface area contributed by atoms with Crippen LogP contribution in [0, 0.1) is 11.7 Å². The number of hydrogen-bond donors (Lipinski definition) is 1. The molecular formula is C22H22FN3O3S. The standard InChI is InChI=1S/C22H22FN3O3S/c1-2-3-11-29-21(28)14-7-9-16(10-8-14)24-20(27)15-12-26(13-15)22-25-19-17(23)5-4-6-18(19)30-22/h4-10,15H,2-3,11-13H2,1H3,(H,24,27). The molecule has 0 aliphatic carbocycles. The zero-order valence-corrected chi connectivity index (χ0v) is 17.4. The maximum Gasteiger partial charge on any atom is 0.338 e. The normalized spacial score (nSPS) is 13.9. The van der Waals surface area contributed by atoms with Gasteiger partial charge in [0.05, 0.1) is 22.8 Å². The Bertz CT molecular complexity index is 1060. The summed E-state index contributed by atoms with van der Waals surface area (Å²) in [5.74, 6) is -0.942. The Morgan fingerprint density at radius 1 is 1.23 bits per heavy atom. The van der Waals surface area contributed by atoms with Gasteiger partial charge >= 0.3 is 5.97 Å². The van der Waals surface area contributed by atoms with Crippen LogP contribution in [-0.4, -0.2) is 36.6 Å². The first-order chi connectivity index (χ1) is 14.5. The number of thiazole rings is 1. The quantitative estimate of drug-likeness (QED) is 0.445. The molecule has 8 heteroatoms. The largest absolute Gasteiger partial charge is 0.462 e. The van der Waals surface area contributed by atoms with E-state index in [-0.39, 0.29) is 23.6 Å². The third-order valence-electron chi connectivity index (χ3n) is 5.00. The highest BCUT2D eigenvalue weighted by molar-refractivity contribution is 7.22. The molecule has 156 valence electrons. The lowest BCUT2D eigenvalue weighted by molar-refractivity contribution is -0.120. The fraction of sp³-hybridized carbons (Fsp3) is 0.318. The number of ether oxygens (including phenoxy) is 1. The average molecular weight is 428 g/mol. The fourth-order valence-corrected chi connectivity index (χ4v) is 4.16. The number of hydrogen-bond acceptors (Lipinski definition) is 6. The van der Waals surface area contributed by atoms with Gasteiger partial charge in [-0.05, 0) is 42.8 Å². The summed E-state index contributed by atoms with van der Waals surface area (Å²) in [5.41, 5.74) is 1.46. The molecule has 0 spiro atoms. The van der Waals surface area contributed by atoms with Gasteiger partial charge in [0.1, 0.15) is 11.3 Å². The molecular weight excluding hydrogens is 405 g/mol. The minimum Gasteiger partial charge on any atom is -0.462 e. The zero-order valence-electron chi connectivity index (χ0n) is 16.6. The lowest BCUT2D eigenvalue weighted by Crippen LogP contribution is -2.52. The third kappa shape index (κ3) is 4.28. The van der Waals surface area contributed by atoms with E-state index in [2.05, 4.69) is 10.3 Å². The van der Waals surface area contributed by atoms with E-state index >= 15 is 0 Å². The predicted octanol–water partition coefficient (Wildman–Crippen LogP) is 4.47. The van der Waals surface area contributed by atoms with Crippen molar-refractivity contribution in [2.24, 2.45) is 5.92 Å². The number of benzene rings is 2. The van der Waals surface area contributed by atoms with Crippen LogP contribution in [-0.2, 0) is 9.53 Å². The van der Waals surface area contributed by atoms with Crippen LogP contribution in [0.1, 0.15) is 30.1 Å². The summed E-state index contributed by atoms with van der Waals surface area (Å²) in [6.45, 7) is 3.52. The number of unbranched alkanes of at least 4 members (excludes halogenated alkanes) is 1. The molecule has 3 aromatic rings. The van der Waals surface area contributed by atoms with Gasteiger partial charge in [-0.3, -0.25) is 4.79 Å². The van der Waals surface area contributed by atoms with Crippen LogP contribution in [0.3, 0.4) is 0 Å². The summed E-state index contributed by atoms with van der Waals surface area (Å²) in [7, 11) is 0. The molecule has 4 rings (SSSR count). The molecule has 2 heterocycles. The Kier molecular flexibility index (Phi) is 5.94. The van der Waals surface area contributed by atoms with Gasteiger partial charge in [-0.25, -0.2) is 14.2 Å². The number of fused-ring (bicyclic) bond motifs is 1. The molecule has 6 nitrogen and oxygen atoms in total. The Balaban J connectivity index is 1.30. The fourth-order valence-electron chi connectivity index (χ4n) is 3.17. The number of rotatable bonds is 7. The van der Waals surface area contributed by atoms with E-state index in [1.54, 1.807) is 30.3 Å². The molecule has 0 atom stereocenters. The highest BCUT2D eigenvalue weighted by Crippen LogP contribution is 2.34. The molecule has 1 amide bonds. The number of anilines is 2. The van der Waals surface area contributed by atoms with E-state index in [9.17, 15) is 14.0 Å². The van der Waals surface area contributed by atoms with Crippen molar-refractivity contribution in [2.75, 3.05) is 29.9 Å². The minimum atomic E-state index is -0.358. The van der Waals surface area contributed by atoms with Crippen LogP contribution in [0.5, 0.6) is 0 Å². The number of nitrogens with zero attached hydrogens (tertiary/aromatic N) is 2. The van der Waals surface area contributed by atoms with E-state index in [1.807, 2.05) is 17.9 Å². The van der Waals surface area contributed by atoms with Crippen molar-refractivity contribution < 1.29 is 18.7 Å². The lowest BCUT2D eigenvalue weighted by Gasteiger charge is -2.37.